The first kappa shape index (κ1) is 15.0. The Morgan fingerprint density at radius 3 is 2.68 bits per heavy atom. The molecule has 1 aromatic rings. The summed E-state index contributed by atoms with van der Waals surface area (Å²) in [5.41, 5.74) is 1.15. The Morgan fingerprint density at radius 2 is 2.05 bits per heavy atom. The van der Waals surface area contributed by atoms with Crippen molar-refractivity contribution in [3.8, 4) is 5.75 Å². The number of hydrogen-bond acceptors (Lipinski definition) is 2. The first-order valence-electron chi connectivity index (χ1n) is 6.87. The number of nitrogens with zero attached hydrogens (tertiary/aromatic N) is 1. The molecule has 1 aliphatic rings. The zero-order chi connectivity index (χ0) is 13.7. The third kappa shape index (κ3) is 4.01. The fourth-order valence-electron chi connectivity index (χ4n) is 2.86. The highest BCUT2D eigenvalue weighted by atomic mass is 35.5. The van der Waals surface area contributed by atoms with E-state index in [9.17, 15) is 0 Å². The summed E-state index contributed by atoms with van der Waals surface area (Å²) in [5, 5.41) is 0.757. The molecule has 1 saturated carbocycles. The van der Waals surface area contributed by atoms with Crippen molar-refractivity contribution in [3.05, 3.63) is 28.8 Å². The maximum atomic E-state index is 6.09. The van der Waals surface area contributed by atoms with Crippen molar-refractivity contribution in [3.63, 3.8) is 0 Å². The molecular weight excluding hydrogens is 281 g/mol. The second kappa shape index (κ2) is 7.37. The van der Waals surface area contributed by atoms with E-state index in [4.69, 9.17) is 27.9 Å². The Bertz CT molecular complexity index is 405. The van der Waals surface area contributed by atoms with Gasteiger partial charge in [-0.1, -0.05) is 24.4 Å². The van der Waals surface area contributed by atoms with Crippen LogP contribution >= 0.6 is 23.2 Å². The molecule has 1 fully saturated rings. The van der Waals surface area contributed by atoms with E-state index in [1.807, 2.05) is 18.2 Å². The first-order valence-corrected chi connectivity index (χ1v) is 7.78. The Morgan fingerprint density at radius 1 is 1.32 bits per heavy atom. The summed E-state index contributed by atoms with van der Waals surface area (Å²) in [6.07, 6.45) is 5.21. The molecule has 0 amide bonds. The molecule has 0 aliphatic heterocycles. The number of alkyl halides is 1. The second-order valence-corrected chi connectivity index (χ2v) is 5.87. The Hall–Kier alpha value is -0.440. The summed E-state index contributed by atoms with van der Waals surface area (Å²) in [6.45, 7) is 1.78. The van der Waals surface area contributed by atoms with Crippen LogP contribution in [0.4, 0.5) is 0 Å². The van der Waals surface area contributed by atoms with Crippen LogP contribution < -0.4 is 4.74 Å². The molecule has 1 aliphatic carbocycles. The fraction of sp³-hybridized carbons (Fsp3) is 0.600. The second-order valence-electron chi connectivity index (χ2n) is 5.05. The van der Waals surface area contributed by atoms with E-state index < -0.39 is 0 Å². The maximum absolute atomic E-state index is 6.09. The number of methoxy groups -OCH3 is 1. The first-order chi connectivity index (χ1) is 9.24. The molecule has 4 heteroatoms. The van der Waals surface area contributed by atoms with Gasteiger partial charge in [0, 0.05) is 35.6 Å². The molecule has 106 valence electrons. The van der Waals surface area contributed by atoms with Crippen molar-refractivity contribution < 1.29 is 4.74 Å². The third-order valence-corrected chi connectivity index (χ3v) is 4.23. The van der Waals surface area contributed by atoms with Gasteiger partial charge < -0.3 is 4.74 Å². The van der Waals surface area contributed by atoms with Crippen LogP contribution in [-0.4, -0.2) is 30.5 Å². The number of rotatable bonds is 6. The van der Waals surface area contributed by atoms with Crippen molar-refractivity contribution in [1.29, 1.82) is 0 Å². The van der Waals surface area contributed by atoms with Gasteiger partial charge in [-0.15, -0.1) is 11.6 Å². The van der Waals surface area contributed by atoms with Crippen LogP contribution in [0.2, 0.25) is 5.02 Å². The molecule has 1 aromatic carbocycles. The van der Waals surface area contributed by atoms with Crippen LogP contribution in [0, 0.1) is 0 Å². The van der Waals surface area contributed by atoms with E-state index in [1.165, 1.54) is 25.7 Å². The molecule has 0 unspecified atom stereocenters. The number of hydrogen-bond donors (Lipinski definition) is 0. The van der Waals surface area contributed by atoms with Crippen LogP contribution in [-0.2, 0) is 6.54 Å². The van der Waals surface area contributed by atoms with E-state index >= 15 is 0 Å². The van der Waals surface area contributed by atoms with E-state index in [0.29, 0.717) is 11.9 Å². The van der Waals surface area contributed by atoms with Gasteiger partial charge in [0.1, 0.15) is 5.75 Å². The number of halogens is 2. The van der Waals surface area contributed by atoms with Crippen LogP contribution in [0.5, 0.6) is 5.75 Å². The predicted molar refractivity (Wildman–Crippen MR) is 81.4 cm³/mol. The SMILES string of the molecule is COc1ccc(Cl)cc1CN(CCCl)C1CCCC1. The van der Waals surface area contributed by atoms with Crippen molar-refractivity contribution in [2.45, 2.75) is 38.3 Å². The minimum atomic E-state index is 0.655. The molecule has 0 saturated heterocycles. The molecule has 0 heterocycles. The van der Waals surface area contributed by atoms with Gasteiger partial charge in [-0.3, -0.25) is 4.90 Å². The highest BCUT2D eigenvalue weighted by Gasteiger charge is 2.23. The van der Waals surface area contributed by atoms with E-state index in [-0.39, 0.29) is 0 Å². The standard InChI is InChI=1S/C15H21Cl2NO/c1-19-15-7-6-13(17)10-12(15)11-18(9-8-16)14-4-2-3-5-14/h6-7,10,14H,2-5,8-9,11H2,1H3. The maximum Gasteiger partial charge on any atom is 0.123 e. The summed E-state index contributed by atoms with van der Waals surface area (Å²) in [5.74, 6) is 1.57. The topological polar surface area (TPSA) is 12.5 Å². The lowest BCUT2D eigenvalue weighted by atomic mass is 10.1. The van der Waals surface area contributed by atoms with E-state index in [0.717, 1.165) is 29.4 Å². The van der Waals surface area contributed by atoms with Crippen LogP contribution in [0.25, 0.3) is 0 Å². The molecule has 0 atom stereocenters. The molecule has 0 radical (unpaired) electrons. The third-order valence-electron chi connectivity index (χ3n) is 3.83. The normalized spacial score (nSPS) is 16.2. The predicted octanol–water partition coefficient (Wildman–Crippen LogP) is 4.33. The minimum Gasteiger partial charge on any atom is -0.496 e. The highest BCUT2D eigenvalue weighted by Crippen LogP contribution is 2.28. The smallest absolute Gasteiger partial charge is 0.123 e. The average molecular weight is 302 g/mol. The fourth-order valence-corrected chi connectivity index (χ4v) is 3.27. The van der Waals surface area contributed by atoms with Gasteiger partial charge >= 0.3 is 0 Å². The Balaban J connectivity index is 2.13. The van der Waals surface area contributed by atoms with Gasteiger partial charge in [-0.05, 0) is 31.0 Å². The van der Waals surface area contributed by atoms with Crippen molar-refractivity contribution in [2.24, 2.45) is 0 Å². The molecule has 19 heavy (non-hydrogen) atoms. The summed E-state index contributed by atoms with van der Waals surface area (Å²) in [7, 11) is 1.70. The van der Waals surface area contributed by atoms with Crippen LogP contribution in [0.1, 0.15) is 31.2 Å². The van der Waals surface area contributed by atoms with Crippen molar-refractivity contribution in [2.75, 3.05) is 19.5 Å². The molecule has 0 bridgehead atoms. The number of benzene rings is 1. The van der Waals surface area contributed by atoms with E-state index in [2.05, 4.69) is 4.90 Å². The molecular formula is C15H21Cl2NO. The van der Waals surface area contributed by atoms with Gasteiger partial charge in [0.2, 0.25) is 0 Å². The Labute approximate surface area is 125 Å². The molecule has 0 N–H and O–H groups in total. The molecule has 0 aromatic heterocycles. The lowest BCUT2D eigenvalue weighted by Gasteiger charge is -2.28. The van der Waals surface area contributed by atoms with Crippen molar-refractivity contribution in [1.82, 2.24) is 4.90 Å². The lowest BCUT2D eigenvalue weighted by molar-refractivity contribution is 0.199. The van der Waals surface area contributed by atoms with Gasteiger partial charge in [0.05, 0.1) is 7.11 Å². The van der Waals surface area contributed by atoms with Crippen LogP contribution in [0.15, 0.2) is 18.2 Å². The highest BCUT2D eigenvalue weighted by molar-refractivity contribution is 6.30. The zero-order valence-corrected chi connectivity index (χ0v) is 12.9. The van der Waals surface area contributed by atoms with Gasteiger partial charge in [0.25, 0.3) is 0 Å². The minimum absolute atomic E-state index is 0.655. The largest absolute Gasteiger partial charge is 0.496 e. The molecule has 0 spiro atoms. The summed E-state index contributed by atoms with van der Waals surface area (Å²) in [4.78, 5) is 2.47. The van der Waals surface area contributed by atoms with Gasteiger partial charge in [-0.2, -0.15) is 0 Å². The van der Waals surface area contributed by atoms with Crippen LogP contribution in [0.3, 0.4) is 0 Å². The van der Waals surface area contributed by atoms with E-state index in [1.54, 1.807) is 7.11 Å². The summed E-state index contributed by atoms with van der Waals surface area (Å²) < 4.78 is 5.42. The van der Waals surface area contributed by atoms with Gasteiger partial charge in [-0.25, -0.2) is 0 Å². The molecule has 2 rings (SSSR count). The summed E-state index contributed by atoms with van der Waals surface area (Å²) >= 11 is 12.0. The Kier molecular flexibility index (Phi) is 5.80. The number of ether oxygens (including phenoxy) is 1. The summed E-state index contributed by atoms with van der Waals surface area (Å²) in [6, 6.07) is 6.45. The average Bonchev–Trinajstić information content (AvgIpc) is 2.92. The molecule has 2 nitrogen and oxygen atoms in total. The quantitative estimate of drug-likeness (QED) is 0.725. The lowest BCUT2D eigenvalue weighted by Crippen LogP contribution is -2.34. The van der Waals surface area contributed by atoms with Crippen molar-refractivity contribution >= 4 is 23.2 Å². The monoisotopic (exact) mass is 301 g/mol. The zero-order valence-electron chi connectivity index (χ0n) is 11.4. The van der Waals surface area contributed by atoms with Gasteiger partial charge in [0.15, 0.2) is 0 Å².